The van der Waals surface area contributed by atoms with Gasteiger partial charge in [-0.25, -0.2) is 0 Å². The Balaban J connectivity index is 3.00. The number of phenols is 2. The molecule has 0 saturated carbocycles. The third-order valence-electron chi connectivity index (χ3n) is 2.44. The summed E-state index contributed by atoms with van der Waals surface area (Å²) in [5, 5.41) is 20.4. The Labute approximate surface area is 81.4 Å². The molecule has 3 heteroatoms. The third-order valence-corrected chi connectivity index (χ3v) is 2.44. The minimum atomic E-state index is -0.151. The van der Waals surface area contributed by atoms with Crippen molar-refractivity contribution in [3.63, 3.8) is 0 Å². The third kappa shape index (κ3) is 0.954. The van der Waals surface area contributed by atoms with Crippen LogP contribution in [0, 0.1) is 6.92 Å². The molecule has 0 aromatic heterocycles. The molecule has 1 heterocycles. The maximum absolute atomic E-state index is 9.56. The van der Waals surface area contributed by atoms with Gasteiger partial charge in [0.25, 0.3) is 0 Å². The molecule has 0 aliphatic carbocycles. The van der Waals surface area contributed by atoms with Crippen LogP contribution in [-0.2, 0) is 0 Å². The molecule has 1 aromatic carbocycles. The van der Waals surface area contributed by atoms with Crippen LogP contribution < -0.4 is 10.4 Å². The van der Waals surface area contributed by atoms with E-state index in [1.54, 1.807) is 6.92 Å². The van der Waals surface area contributed by atoms with E-state index in [1.807, 2.05) is 13.0 Å². The quantitative estimate of drug-likeness (QED) is 0.590. The molecule has 0 atom stereocenters. The summed E-state index contributed by atoms with van der Waals surface area (Å²) < 4.78 is 0. The molecule has 0 spiro atoms. The Morgan fingerprint density at radius 3 is 2.50 bits per heavy atom. The fraction of sp³-hybridized carbons (Fsp3) is 0.182. The number of rotatable bonds is 0. The van der Waals surface area contributed by atoms with Crippen LogP contribution in [0.3, 0.4) is 0 Å². The van der Waals surface area contributed by atoms with Crippen molar-refractivity contribution < 1.29 is 10.2 Å². The van der Waals surface area contributed by atoms with Crippen molar-refractivity contribution >= 4 is 24.1 Å². The van der Waals surface area contributed by atoms with Crippen molar-refractivity contribution in [2.24, 2.45) is 4.99 Å². The SMILES string of the molecule is C=c1c(O)c(O)c(C)c2c1=CC(C)=N2. The topological polar surface area (TPSA) is 52.8 Å². The van der Waals surface area contributed by atoms with E-state index in [0.29, 0.717) is 16.5 Å². The van der Waals surface area contributed by atoms with Crippen LogP contribution in [-0.4, -0.2) is 15.9 Å². The summed E-state index contributed by atoms with van der Waals surface area (Å²) in [5.74, 6) is -0.275. The van der Waals surface area contributed by atoms with Crippen molar-refractivity contribution in [2.75, 3.05) is 0 Å². The number of fused-ring (bicyclic) bond motifs is 1. The van der Waals surface area contributed by atoms with Crippen molar-refractivity contribution in [1.29, 1.82) is 0 Å². The maximum Gasteiger partial charge on any atom is 0.165 e. The molecule has 1 aromatic rings. The maximum atomic E-state index is 9.56. The Kier molecular flexibility index (Phi) is 1.64. The second-order valence-corrected chi connectivity index (χ2v) is 3.46. The molecule has 3 nitrogen and oxygen atoms in total. The van der Waals surface area contributed by atoms with Gasteiger partial charge in [0.15, 0.2) is 11.5 Å². The molecule has 0 fully saturated rings. The average Bonchev–Trinajstić information content (AvgIpc) is 2.54. The van der Waals surface area contributed by atoms with Gasteiger partial charge in [-0.1, -0.05) is 6.58 Å². The zero-order chi connectivity index (χ0) is 10.5. The smallest absolute Gasteiger partial charge is 0.165 e. The summed E-state index contributed by atoms with van der Waals surface area (Å²) in [6.45, 7) is 7.31. The van der Waals surface area contributed by atoms with E-state index in [1.165, 1.54) is 0 Å². The van der Waals surface area contributed by atoms with E-state index in [2.05, 4.69) is 11.6 Å². The largest absolute Gasteiger partial charge is 0.504 e. The molecular formula is C11H11NO2. The zero-order valence-corrected chi connectivity index (χ0v) is 8.13. The van der Waals surface area contributed by atoms with Gasteiger partial charge >= 0.3 is 0 Å². The first-order valence-corrected chi connectivity index (χ1v) is 4.33. The number of phenolic OH excluding ortho intramolecular Hbond substituents is 2. The van der Waals surface area contributed by atoms with Gasteiger partial charge < -0.3 is 10.2 Å². The number of hydrogen-bond donors (Lipinski definition) is 2. The highest BCUT2D eigenvalue weighted by molar-refractivity contribution is 6.13. The van der Waals surface area contributed by atoms with Crippen molar-refractivity contribution in [3.8, 4) is 11.5 Å². The molecule has 0 amide bonds. The number of hydrogen-bond acceptors (Lipinski definition) is 3. The Morgan fingerprint density at radius 1 is 1.21 bits per heavy atom. The molecule has 0 unspecified atom stereocenters. The summed E-state index contributed by atoms with van der Waals surface area (Å²) >= 11 is 0. The van der Waals surface area contributed by atoms with Gasteiger partial charge in [-0.2, -0.15) is 0 Å². The number of benzene rings is 1. The van der Waals surface area contributed by atoms with E-state index in [4.69, 9.17) is 0 Å². The van der Waals surface area contributed by atoms with Crippen molar-refractivity contribution in [2.45, 2.75) is 13.8 Å². The number of aromatic hydroxyl groups is 2. The number of nitrogens with zero attached hydrogens (tertiary/aromatic N) is 1. The lowest BCUT2D eigenvalue weighted by Gasteiger charge is -2.05. The van der Waals surface area contributed by atoms with Crippen LogP contribution in [0.15, 0.2) is 4.99 Å². The average molecular weight is 189 g/mol. The van der Waals surface area contributed by atoms with Gasteiger partial charge in [0.2, 0.25) is 0 Å². The van der Waals surface area contributed by atoms with Crippen LogP contribution >= 0.6 is 0 Å². The molecule has 0 radical (unpaired) electrons. The van der Waals surface area contributed by atoms with E-state index < -0.39 is 0 Å². The Bertz CT molecular complexity index is 556. The standard InChI is InChI=1S/C11H11NO2/c1-5-4-8-6(2)10(13)11(14)7(3)9(8)12-5/h4,13-14H,2H2,1,3H3. The van der Waals surface area contributed by atoms with Crippen molar-refractivity contribution in [3.05, 3.63) is 16.0 Å². The lowest BCUT2D eigenvalue weighted by Crippen LogP contribution is -2.23. The molecule has 0 saturated heterocycles. The molecule has 2 rings (SSSR count). The lowest BCUT2D eigenvalue weighted by molar-refractivity contribution is 0.398. The second kappa shape index (κ2) is 2.61. The van der Waals surface area contributed by atoms with E-state index in [9.17, 15) is 10.2 Å². The number of aliphatic imine (C=N–C) groups is 1. The second-order valence-electron chi connectivity index (χ2n) is 3.46. The Morgan fingerprint density at radius 2 is 1.86 bits per heavy atom. The van der Waals surface area contributed by atoms with Gasteiger partial charge in [0, 0.05) is 21.7 Å². The molecule has 14 heavy (non-hydrogen) atoms. The minimum Gasteiger partial charge on any atom is -0.504 e. The Hall–Kier alpha value is -1.77. The summed E-state index contributed by atoms with van der Waals surface area (Å²) in [4.78, 5) is 4.26. The summed E-state index contributed by atoms with van der Waals surface area (Å²) in [7, 11) is 0. The first-order valence-electron chi connectivity index (χ1n) is 4.33. The summed E-state index contributed by atoms with van der Waals surface area (Å²) in [5.41, 5.74) is 2.17. The molecule has 2 N–H and O–H groups in total. The van der Waals surface area contributed by atoms with Gasteiger partial charge in [-0.15, -0.1) is 0 Å². The summed E-state index contributed by atoms with van der Waals surface area (Å²) in [6, 6.07) is 0. The van der Waals surface area contributed by atoms with Crippen LogP contribution in [0.2, 0.25) is 0 Å². The van der Waals surface area contributed by atoms with Crippen LogP contribution in [0.25, 0.3) is 12.7 Å². The first kappa shape index (κ1) is 8.81. The van der Waals surface area contributed by atoms with E-state index in [-0.39, 0.29) is 11.5 Å². The molecule has 1 aliphatic heterocycles. The fourth-order valence-electron chi connectivity index (χ4n) is 1.62. The first-order chi connectivity index (χ1) is 6.52. The normalized spacial score (nSPS) is 13.4. The molecule has 72 valence electrons. The van der Waals surface area contributed by atoms with Crippen molar-refractivity contribution in [1.82, 2.24) is 0 Å². The van der Waals surface area contributed by atoms with Gasteiger partial charge in [0.05, 0.1) is 5.69 Å². The fourth-order valence-corrected chi connectivity index (χ4v) is 1.62. The highest BCUT2D eigenvalue weighted by Crippen LogP contribution is 2.30. The van der Waals surface area contributed by atoms with Crippen LogP contribution in [0.1, 0.15) is 12.5 Å². The molecular weight excluding hydrogens is 178 g/mol. The van der Waals surface area contributed by atoms with Gasteiger partial charge in [-0.05, 0) is 19.9 Å². The predicted molar refractivity (Wildman–Crippen MR) is 56.5 cm³/mol. The van der Waals surface area contributed by atoms with E-state index in [0.717, 1.165) is 10.9 Å². The highest BCUT2D eigenvalue weighted by Gasteiger charge is 2.15. The van der Waals surface area contributed by atoms with Crippen LogP contribution in [0.5, 0.6) is 11.5 Å². The molecule has 0 bridgehead atoms. The van der Waals surface area contributed by atoms with Gasteiger partial charge in [0.1, 0.15) is 0 Å². The monoisotopic (exact) mass is 189 g/mol. The molecule has 1 aliphatic rings. The van der Waals surface area contributed by atoms with Crippen LogP contribution in [0.4, 0.5) is 5.69 Å². The van der Waals surface area contributed by atoms with E-state index >= 15 is 0 Å². The lowest BCUT2D eigenvalue weighted by atomic mass is 10.1. The summed E-state index contributed by atoms with van der Waals surface area (Å²) in [6.07, 6.45) is 1.85. The highest BCUT2D eigenvalue weighted by atomic mass is 16.3. The minimum absolute atomic E-state index is 0.124. The van der Waals surface area contributed by atoms with Gasteiger partial charge in [-0.3, -0.25) is 4.99 Å². The predicted octanol–water partition coefficient (Wildman–Crippen LogP) is 0.703. The zero-order valence-electron chi connectivity index (χ0n) is 8.13.